The summed E-state index contributed by atoms with van der Waals surface area (Å²) in [6.45, 7) is 2.98. The molecule has 4 fully saturated rings. The molecule has 0 heterocycles. The second-order valence-electron chi connectivity index (χ2n) is 27.3. The number of ether oxygens (including phenoxy) is 4. The van der Waals surface area contributed by atoms with Crippen LogP contribution in [0.3, 0.4) is 0 Å². The van der Waals surface area contributed by atoms with Gasteiger partial charge in [0.05, 0.1) is 29.4 Å². The van der Waals surface area contributed by atoms with E-state index in [-0.39, 0.29) is 32.6 Å². The van der Waals surface area contributed by atoms with Crippen molar-refractivity contribution >= 4 is 27.2 Å². The van der Waals surface area contributed by atoms with E-state index in [0.29, 0.717) is 85.8 Å². The molecule has 106 heavy (non-hydrogen) atoms. The second kappa shape index (κ2) is 29.7. The number of fused-ring (bicyclic) bond motifs is 3. The molecule has 0 aromatic heterocycles. The Kier molecular flexibility index (Phi) is 19.4. The van der Waals surface area contributed by atoms with E-state index >= 15 is 0 Å². The van der Waals surface area contributed by atoms with Gasteiger partial charge in [0.25, 0.3) is 0 Å². The number of rotatable bonds is 21. The molecule has 0 aliphatic heterocycles. The third-order valence-electron chi connectivity index (χ3n) is 21.1. The molecule has 5 aliphatic carbocycles. The molecule has 4 bridgehead atoms. The zero-order chi connectivity index (χ0) is 72.9. The Bertz CT molecular complexity index is 5180. The third-order valence-corrected chi connectivity index (χ3v) is 22.9. The first-order valence-electron chi connectivity index (χ1n) is 35.3. The number of benzene rings is 12. The maximum atomic E-state index is 13.0. The highest BCUT2D eigenvalue weighted by Gasteiger charge is 2.58. The van der Waals surface area contributed by atoms with E-state index in [2.05, 4.69) is 121 Å². The van der Waals surface area contributed by atoms with E-state index in [4.69, 9.17) is 38.5 Å². The van der Waals surface area contributed by atoms with Crippen molar-refractivity contribution in [3.63, 3.8) is 0 Å². The minimum Gasteiger partial charge on any atom is -0.497 e. The number of methoxy groups -OCH3 is 2. The smallest absolute Gasteiger partial charge is 0.236 e. The van der Waals surface area contributed by atoms with Gasteiger partial charge in [-0.05, 0) is 314 Å². The molecule has 0 radical (unpaired) electrons. The largest absolute Gasteiger partial charge is 0.497 e. The van der Waals surface area contributed by atoms with Gasteiger partial charge in [-0.3, -0.25) is 33.9 Å². The highest BCUT2D eigenvalue weighted by molar-refractivity contribution is 7.91. The van der Waals surface area contributed by atoms with Crippen molar-refractivity contribution in [1.29, 1.82) is 0 Å². The predicted octanol–water partition coefficient (Wildman–Crippen LogP) is 20.3. The Labute approximate surface area is 616 Å². The summed E-state index contributed by atoms with van der Waals surface area (Å²) in [5.41, 5.74) is 11.6. The van der Waals surface area contributed by atoms with Gasteiger partial charge in [0, 0.05) is 27.7 Å². The summed E-state index contributed by atoms with van der Waals surface area (Å²) >= 11 is 0. The van der Waals surface area contributed by atoms with Gasteiger partial charge >= 0.3 is 0 Å². The molecule has 5 aliphatic rings. The first-order valence-corrected chi connectivity index (χ1v) is 36.8. The fourth-order valence-corrected chi connectivity index (χ4v) is 17.5. The van der Waals surface area contributed by atoms with Gasteiger partial charge in [0.15, 0.2) is 34.6 Å². The topological polar surface area (TPSA) is 159 Å². The normalized spacial score (nSPS) is 17.5. The fourth-order valence-electron chi connectivity index (χ4n) is 16.3. The summed E-state index contributed by atoms with van der Waals surface area (Å²) in [5, 5.41) is 0. The van der Waals surface area contributed by atoms with Gasteiger partial charge in [-0.2, -0.15) is 0 Å². The van der Waals surface area contributed by atoms with Crippen molar-refractivity contribution in [1.82, 2.24) is 0 Å². The number of hydrogen-bond acceptors (Lipinski definition) is 13. The Morgan fingerprint density at radius 3 is 1.03 bits per heavy atom. The summed E-state index contributed by atoms with van der Waals surface area (Å²) in [6.07, 6.45) is 6.37. The Balaban J connectivity index is 0.000000216. The van der Waals surface area contributed by atoms with Gasteiger partial charge in [0.2, 0.25) is 15.6 Å². The monoisotopic (exact) mass is 1420 g/mol. The fraction of sp³-hybridized carbons (Fsp3) is 0.163. The summed E-state index contributed by atoms with van der Waals surface area (Å²) in [7, 11) is -0.441. The van der Waals surface area contributed by atoms with E-state index in [9.17, 15) is 22.8 Å². The minimum atomic E-state index is -3.73. The maximum Gasteiger partial charge on any atom is 0.236 e. The van der Waals surface area contributed by atoms with Crippen molar-refractivity contribution < 1.29 is 61.3 Å². The maximum absolute atomic E-state index is 13.0. The Hall–Kier alpha value is -12.4. The van der Waals surface area contributed by atoms with Crippen molar-refractivity contribution in [2.24, 2.45) is 23.7 Å². The molecular formula is C92H74O13S. The molecule has 14 heteroatoms. The molecule has 17 rings (SSSR count). The average molecular weight is 1420 g/mol. The summed E-state index contributed by atoms with van der Waals surface area (Å²) in [5.74, 6) is 14.0. The summed E-state index contributed by atoms with van der Waals surface area (Å²) in [6, 6.07) is 91.1. The molecule has 12 aromatic carbocycles. The van der Waals surface area contributed by atoms with Crippen molar-refractivity contribution in [3.05, 3.63) is 347 Å². The molecule has 4 saturated carbocycles. The average Bonchev–Trinajstić information content (AvgIpc) is 1.46. The molecule has 0 saturated heterocycles. The number of carbonyl (C=O) groups is 3. The molecule has 0 N–H and O–H groups in total. The second-order valence-corrected chi connectivity index (χ2v) is 29.2. The van der Waals surface area contributed by atoms with Gasteiger partial charge < -0.3 is 18.9 Å². The minimum absolute atomic E-state index is 0.0333. The molecule has 0 spiro atoms. The van der Waals surface area contributed by atoms with Crippen LogP contribution < -0.4 is 38.5 Å². The quantitative estimate of drug-likeness (QED) is 0.0290. The van der Waals surface area contributed by atoms with Crippen LogP contribution in [0.2, 0.25) is 0 Å². The van der Waals surface area contributed by atoms with E-state index in [1.54, 1.807) is 136 Å². The van der Waals surface area contributed by atoms with E-state index in [1.165, 1.54) is 109 Å². The molecule has 0 amide bonds. The van der Waals surface area contributed by atoms with Crippen LogP contribution in [0.25, 0.3) is 11.1 Å². The lowest BCUT2D eigenvalue weighted by atomic mass is 9.42. The van der Waals surface area contributed by atoms with Crippen molar-refractivity contribution in [2.45, 2.75) is 66.6 Å². The first kappa shape index (κ1) is 69.3. The molecule has 0 atom stereocenters. The number of sulfone groups is 1. The SMILES string of the molecule is CC(=O)c1ccc(Oc2ccc(S(=O)(=O)c3ccc(Oc4ccc(C(C)=O)cc4)cc3)cc2)cc1.COc1ccc(C(=O)C#Cc2ccc(OOc3ccc(C4(c5ccc(OOc6ccc(C7(c8ccc(OC)cc8)c8ccccc8-c8ccccc87)cc6)cc5)C5CC6CC(C5)CC4C6)cc3)cc2)cc1. The molecule has 12 aromatic rings. The standard InChI is InChI=1S/C64H52O7.C28H22O6S/c1-66-52-26-14-45(15-27-52)62(65)36-13-42-11-24-54(25-12-42)68-69-55-30-18-46(19-31-55)63(50-38-43-37-44(40-50)41-51(63)39-43)47-20-32-56(33-21-47)70-71-57-34-22-49(23-35-57)64(48-16-28-53(67-2)29-17-48)60-9-5-3-7-58(60)59-8-4-6-10-61(59)64;1-19(29)21-3-7-23(8-4-21)33-25-11-15-27(16-12-25)35(31,32)28-17-13-26(14-18-28)34-24-9-5-22(6-10-24)20(2)30/h3-12,14-35,43-44,50-51H,37-41H2,1-2H3;3-18H,1-2H3. The number of ketones is 3. The van der Waals surface area contributed by atoms with Crippen LogP contribution in [-0.2, 0) is 20.7 Å². The third kappa shape index (κ3) is 13.9. The zero-order valence-electron chi connectivity index (χ0n) is 58.8. The van der Waals surface area contributed by atoms with Gasteiger partial charge in [-0.1, -0.05) is 103 Å². The van der Waals surface area contributed by atoms with Crippen molar-refractivity contribution in [2.75, 3.05) is 14.2 Å². The number of carbonyl (C=O) groups excluding carboxylic acids is 3. The molecule has 13 nitrogen and oxygen atoms in total. The van der Waals surface area contributed by atoms with Crippen LogP contribution in [0.15, 0.2) is 301 Å². The highest BCUT2D eigenvalue weighted by Crippen LogP contribution is 2.65. The van der Waals surface area contributed by atoms with Crippen LogP contribution >= 0.6 is 0 Å². The zero-order valence-corrected chi connectivity index (χ0v) is 59.6. The lowest BCUT2D eigenvalue weighted by Crippen LogP contribution is -2.56. The number of hydrogen-bond donors (Lipinski definition) is 0. The lowest BCUT2D eigenvalue weighted by Gasteiger charge is -2.62. The van der Waals surface area contributed by atoms with Crippen LogP contribution in [0.1, 0.15) is 116 Å². The number of Topliss-reactive ketones (excluding diaryl/α,β-unsaturated/α-hetero) is 3. The van der Waals surface area contributed by atoms with E-state index in [1.807, 2.05) is 36.4 Å². The Morgan fingerprint density at radius 2 is 0.660 bits per heavy atom. The van der Waals surface area contributed by atoms with Crippen LogP contribution in [-0.4, -0.2) is 40.0 Å². The molecule has 526 valence electrons. The highest BCUT2D eigenvalue weighted by atomic mass is 32.2. The predicted molar refractivity (Wildman–Crippen MR) is 406 cm³/mol. The summed E-state index contributed by atoms with van der Waals surface area (Å²) < 4.78 is 48.3. The van der Waals surface area contributed by atoms with Crippen molar-refractivity contribution in [3.8, 4) is 80.5 Å². The summed E-state index contributed by atoms with van der Waals surface area (Å²) in [4.78, 5) is 59.3. The van der Waals surface area contributed by atoms with Crippen LogP contribution in [0.5, 0.6) is 57.5 Å². The Morgan fingerprint density at radius 1 is 0.349 bits per heavy atom. The van der Waals surface area contributed by atoms with Gasteiger partial charge in [-0.25, -0.2) is 8.42 Å². The van der Waals surface area contributed by atoms with Gasteiger partial charge in [-0.15, -0.1) is 0 Å². The van der Waals surface area contributed by atoms with Crippen LogP contribution in [0.4, 0.5) is 0 Å². The molecule has 0 unspecified atom stereocenters. The molecular weight excluding hydrogens is 1350 g/mol. The van der Waals surface area contributed by atoms with E-state index in [0.717, 1.165) is 23.1 Å². The van der Waals surface area contributed by atoms with Gasteiger partial charge in [0.1, 0.15) is 34.5 Å². The van der Waals surface area contributed by atoms with E-state index < -0.39 is 15.3 Å². The van der Waals surface area contributed by atoms with Crippen LogP contribution in [0, 0.1) is 35.5 Å². The lowest BCUT2D eigenvalue weighted by molar-refractivity contribution is -0.100. The first-order chi connectivity index (χ1) is 51.6.